The van der Waals surface area contributed by atoms with Gasteiger partial charge in [-0.1, -0.05) is 146 Å². The molecule has 0 atom stereocenters. The largest absolute Gasteiger partial charge is 0.134 e. The van der Waals surface area contributed by atoms with Crippen LogP contribution in [0.15, 0.2) is 146 Å². The van der Waals surface area contributed by atoms with E-state index in [1.165, 1.54) is 75.1 Å². The van der Waals surface area contributed by atoms with Crippen molar-refractivity contribution in [3.8, 4) is 32.0 Å². The molecule has 39 heavy (non-hydrogen) atoms. The third kappa shape index (κ3) is 3.51. The fourth-order valence-electron chi connectivity index (χ4n) is 6.10. The summed E-state index contributed by atoms with van der Waals surface area (Å²) in [5.74, 6) is 0. The molecule has 182 valence electrons. The lowest BCUT2D eigenvalue weighted by Gasteiger charge is -2.13. The highest BCUT2D eigenvalue weighted by Crippen LogP contribution is 2.48. The molecular weight excluding hydrogens is 488 g/mol. The van der Waals surface area contributed by atoms with Crippen molar-refractivity contribution in [1.29, 1.82) is 0 Å². The molecule has 0 spiro atoms. The first-order valence-corrected chi connectivity index (χ1v) is 14.2. The normalized spacial score (nSPS) is 11.6. The molecule has 7 aromatic carbocycles. The highest BCUT2D eigenvalue weighted by Gasteiger charge is 2.18. The van der Waals surface area contributed by atoms with Crippen LogP contribution in [0.5, 0.6) is 0 Å². The Morgan fingerprint density at radius 1 is 0.282 bits per heavy atom. The Labute approximate surface area is 231 Å². The quantitative estimate of drug-likeness (QED) is 0.207. The summed E-state index contributed by atoms with van der Waals surface area (Å²) < 4.78 is 0. The number of rotatable bonds is 3. The molecule has 0 unspecified atom stereocenters. The zero-order chi connectivity index (χ0) is 25.8. The van der Waals surface area contributed by atoms with Gasteiger partial charge >= 0.3 is 0 Å². The van der Waals surface area contributed by atoms with Gasteiger partial charge in [-0.25, -0.2) is 0 Å². The topological polar surface area (TPSA) is 0 Å². The number of hydrogen-bond donors (Lipinski definition) is 0. The van der Waals surface area contributed by atoms with Gasteiger partial charge in [-0.15, -0.1) is 11.3 Å². The van der Waals surface area contributed by atoms with Crippen LogP contribution in [-0.4, -0.2) is 0 Å². The van der Waals surface area contributed by atoms with Gasteiger partial charge in [-0.2, -0.15) is 0 Å². The maximum atomic E-state index is 2.31. The van der Waals surface area contributed by atoms with Crippen molar-refractivity contribution in [1.82, 2.24) is 0 Å². The van der Waals surface area contributed by atoms with E-state index in [-0.39, 0.29) is 0 Å². The maximum absolute atomic E-state index is 2.31. The minimum absolute atomic E-state index is 1.24. The van der Waals surface area contributed by atoms with Crippen LogP contribution in [0.3, 0.4) is 0 Å². The lowest BCUT2D eigenvalue weighted by Crippen LogP contribution is -1.86. The van der Waals surface area contributed by atoms with E-state index in [9.17, 15) is 0 Å². The molecule has 8 aromatic rings. The van der Waals surface area contributed by atoms with Gasteiger partial charge < -0.3 is 0 Å². The Hall–Kier alpha value is -4.72. The van der Waals surface area contributed by atoms with E-state index in [4.69, 9.17) is 0 Å². The van der Waals surface area contributed by atoms with Gasteiger partial charge in [-0.05, 0) is 49.0 Å². The molecule has 1 aromatic heterocycles. The van der Waals surface area contributed by atoms with Crippen LogP contribution in [0.1, 0.15) is 0 Å². The Morgan fingerprint density at radius 2 is 0.718 bits per heavy atom. The van der Waals surface area contributed by atoms with Gasteiger partial charge in [0.1, 0.15) is 0 Å². The van der Waals surface area contributed by atoms with E-state index in [0.717, 1.165) is 0 Å². The van der Waals surface area contributed by atoms with Gasteiger partial charge in [0.25, 0.3) is 0 Å². The maximum Gasteiger partial charge on any atom is 0.0434 e. The van der Waals surface area contributed by atoms with Crippen LogP contribution in [0.2, 0.25) is 0 Å². The predicted molar refractivity (Wildman–Crippen MR) is 171 cm³/mol. The highest BCUT2D eigenvalue weighted by atomic mass is 32.1. The van der Waals surface area contributed by atoms with Crippen molar-refractivity contribution in [3.63, 3.8) is 0 Å². The SMILES string of the molecule is c1ccc(-c2ccc(-c3sc(-c4cccc5c6ccccc6c6ccccc6c45)c4ccccc34)cc2)cc1. The highest BCUT2D eigenvalue weighted by molar-refractivity contribution is 7.21. The minimum atomic E-state index is 1.24. The second-order valence-electron chi connectivity index (χ2n) is 10.1. The zero-order valence-electron chi connectivity index (χ0n) is 21.3. The van der Waals surface area contributed by atoms with Crippen molar-refractivity contribution in [3.05, 3.63) is 146 Å². The van der Waals surface area contributed by atoms with Gasteiger partial charge in [-0.3, -0.25) is 0 Å². The summed E-state index contributed by atoms with van der Waals surface area (Å²) in [6.45, 7) is 0. The molecule has 0 bridgehead atoms. The molecule has 0 fully saturated rings. The number of thiophene rings is 1. The summed E-state index contributed by atoms with van der Waals surface area (Å²) >= 11 is 1.91. The summed E-state index contributed by atoms with van der Waals surface area (Å²) in [6, 6.07) is 53.0. The first-order chi connectivity index (χ1) is 19.4. The molecule has 0 saturated heterocycles. The van der Waals surface area contributed by atoms with Crippen molar-refractivity contribution < 1.29 is 0 Å². The Bertz CT molecular complexity index is 2100. The van der Waals surface area contributed by atoms with Crippen LogP contribution < -0.4 is 0 Å². The average molecular weight is 513 g/mol. The van der Waals surface area contributed by atoms with Crippen LogP contribution in [0.4, 0.5) is 0 Å². The fraction of sp³-hybridized carbons (Fsp3) is 0. The average Bonchev–Trinajstić information content (AvgIpc) is 3.41. The summed E-state index contributed by atoms with van der Waals surface area (Å²) in [7, 11) is 0. The zero-order valence-corrected chi connectivity index (χ0v) is 22.1. The minimum Gasteiger partial charge on any atom is -0.134 e. The lowest BCUT2D eigenvalue weighted by atomic mass is 9.91. The van der Waals surface area contributed by atoms with Gasteiger partial charge in [0.15, 0.2) is 0 Å². The molecule has 0 aliphatic heterocycles. The molecule has 1 heteroatoms. The predicted octanol–water partition coefficient (Wildman–Crippen LogP) is 11.4. The van der Waals surface area contributed by atoms with E-state index in [1.807, 2.05) is 11.3 Å². The summed E-state index contributed by atoms with van der Waals surface area (Å²) in [5.41, 5.74) is 5.06. The second-order valence-corrected chi connectivity index (χ2v) is 11.1. The number of fused-ring (bicyclic) bond motifs is 7. The molecule has 0 saturated carbocycles. The number of benzene rings is 7. The van der Waals surface area contributed by atoms with Crippen molar-refractivity contribution in [2.24, 2.45) is 0 Å². The molecule has 0 aliphatic rings. The van der Waals surface area contributed by atoms with Crippen molar-refractivity contribution in [2.75, 3.05) is 0 Å². The standard InChI is InChI=1S/C38H24S/c1-2-11-25(12-3-1)26-21-23-27(24-22-26)37-33-17-8-9-18-34(33)38(39-37)35-20-10-19-32-30-14-5-4-13-28(30)29-15-6-7-16-31(29)36(32)35/h1-24H. The van der Waals surface area contributed by atoms with E-state index in [0.29, 0.717) is 0 Å². The van der Waals surface area contributed by atoms with E-state index in [2.05, 4.69) is 146 Å². The summed E-state index contributed by atoms with van der Waals surface area (Å²) in [6.07, 6.45) is 0. The summed E-state index contributed by atoms with van der Waals surface area (Å²) in [5, 5.41) is 10.5. The van der Waals surface area contributed by atoms with Gasteiger partial charge in [0.2, 0.25) is 0 Å². The molecule has 8 rings (SSSR count). The Balaban J connectivity index is 1.40. The van der Waals surface area contributed by atoms with Gasteiger partial charge in [0.05, 0.1) is 0 Å². The summed E-state index contributed by atoms with van der Waals surface area (Å²) in [4.78, 5) is 2.65. The monoisotopic (exact) mass is 512 g/mol. The smallest absolute Gasteiger partial charge is 0.0434 e. The van der Waals surface area contributed by atoms with Crippen molar-refractivity contribution >= 4 is 54.4 Å². The van der Waals surface area contributed by atoms with Crippen LogP contribution in [0, 0.1) is 0 Å². The molecular formula is C38H24S. The first kappa shape index (κ1) is 22.3. The fourth-order valence-corrected chi connectivity index (χ4v) is 7.41. The first-order valence-electron chi connectivity index (χ1n) is 13.4. The van der Waals surface area contributed by atoms with Gasteiger partial charge in [0, 0.05) is 26.1 Å². The van der Waals surface area contributed by atoms with Crippen LogP contribution in [-0.2, 0) is 0 Å². The molecule has 0 nitrogen and oxygen atoms in total. The molecule has 0 amide bonds. The van der Waals surface area contributed by atoms with E-state index < -0.39 is 0 Å². The molecule has 0 radical (unpaired) electrons. The third-order valence-electron chi connectivity index (χ3n) is 7.89. The van der Waals surface area contributed by atoms with E-state index >= 15 is 0 Å². The van der Waals surface area contributed by atoms with Crippen LogP contribution >= 0.6 is 11.3 Å². The third-order valence-corrected chi connectivity index (χ3v) is 9.19. The Kier molecular flexibility index (Phi) is 5.11. The molecule has 0 N–H and O–H groups in total. The van der Waals surface area contributed by atoms with Crippen molar-refractivity contribution in [2.45, 2.75) is 0 Å². The number of hydrogen-bond acceptors (Lipinski definition) is 1. The lowest BCUT2D eigenvalue weighted by molar-refractivity contribution is 1.62. The van der Waals surface area contributed by atoms with E-state index in [1.54, 1.807) is 0 Å². The Morgan fingerprint density at radius 3 is 1.36 bits per heavy atom. The molecule has 1 heterocycles. The second kappa shape index (κ2) is 8.94. The van der Waals surface area contributed by atoms with Crippen LogP contribution in [0.25, 0.3) is 75.1 Å². The molecule has 0 aliphatic carbocycles.